The van der Waals surface area contributed by atoms with E-state index in [1.807, 2.05) is 25.3 Å². The summed E-state index contributed by atoms with van der Waals surface area (Å²) in [6.45, 7) is 10.6. The maximum Gasteiger partial charge on any atom is 0.200 e. The zero-order valence-corrected chi connectivity index (χ0v) is 11.7. The number of aromatic nitrogens is 2. The average Bonchev–Trinajstić information content (AvgIpc) is 2.79. The van der Waals surface area contributed by atoms with Crippen LogP contribution >= 0.6 is 0 Å². The van der Waals surface area contributed by atoms with Gasteiger partial charge in [-0.3, -0.25) is 4.98 Å². The van der Waals surface area contributed by atoms with Crippen LogP contribution in [0.3, 0.4) is 0 Å². The zero-order chi connectivity index (χ0) is 13.3. The van der Waals surface area contributed by atoms with Crippen molar-refractivity contribution in [2.75, 3.05) is 0 Å². The Morgan fingerprint density at radius 2 is 1.83 bits per heavy atom. The van der Waals surface area contributed by atoms with E-state index in [1.54, 1.807) is 6.20 Å². The molecule has 0 N–H and O–H groups in total. The Hall–Kier alpha value is -1.64. The third-order valence-electron chi connectivity index (χ3n) is 3.70. The molecule has 2 heterocycles. The van der Waals surface area contributed by atoms with E-state index in [4.69, 9.17) is 4.42 Å². The average molecular weight is 244 g/mol. The molecule has 96 valence electrons. The minimum Gasteiger partial charge on any atom is -0.440 e. The van der Waals surface area contributed by atoms with Crippen LogP contribution in [0.2, 0.25) is 0 Å². The summed E-state index contributed by atoms with van der Waals surface area (Å²) in [5, 5.41) is 0. The second kappa shape index (κ2) is 4.56. The van der Waals surface area contributed by atoms with Gasteiger partial charge in [0, 0.05) is 22.9 Å². The second-order valence-electron chi connectivity index (χ2n) is 5.59. The first-order valence-electron chi connectivity index (χ1n) is 6.30. The van der Waals surface area contributed by atoms with E-state index in [-0.39, 0.29) is 5.41 Å². The summed E-state index contributed by atoms with van der Waals surface area (Å²) in [6.07, 6.45) is 3.60. The van der Waals surface area contributed by atoms with E-state index >= 15 is 0 Å². The lowest BCUT2D eigenvalue weighted by molar-refractivity contribution is 0.291. The summed E-state index contributed by atoms with van der Waals surface area (Å²) < 4.78 is 5.88. The molecule has 0 aliphatic carbocycles. The molecule has 0 bridgehead atoms. The number of hydrogen-bond donors (Lipinski definition) is 0. The number of rotatable bonds is 3. The van der Waals surface area contributed by atoms with Gasteiger partial charge in [0.25, 0.3) is 0 Å². The highest BCUT2D eigenvalue weighted by molar-refractivity contribution is 5.54. The zero-order valence-electron chi connectivity index (χ0n) is 11.7. The predicted octanol–water partition coefficient (Wildman–Crippen LogP) is 3.98. The minimum absolute atomic E-state index is 0.0592. The molecular weight excluding hydrogens is 224 g/mol. The van der Waals surface area contributed by atoms with Gasteiger partial charge in [0.2, 0.25) is 5.89 Å². The first-order valence-corrected chi connectivity index (χ1v) is 6.30. The first-order chi connectivity index (χ1) is 8.41. The molecule has 0 unspecified atom stereocenters. The van der Waals surface area contributed by atoms with E-state index in [9.17, 15) is 0 Å². The topological polar surface area (TPSA) is 38.9 Å². The smallest absolute Gasteiger partial charge is 0.200 e. The third kappa shape index (κ3) is 2.30. The number of hydrogen-bond acceptors (Lipinski definition) is 3. The number of nitrogens with zero attached hydrogens (tertiary/aromatic N) is 2. The summed E-state index contributed by atoms with van der Waals surface area (Å²) >= 11 is 0. The molecule has 0 fully saturated rings. The van der Waals surface area contributed by atoms with Crippen molar-refractivity contribution in [1.82, 2.24) is 9.97 Å². The van der Waals surface area contributed by atoms with Gasteiger partial charge in [0.15, 0.2) is 5.76 Å². The van der Waals surface area contributed by atoms with Gasteiger partial charge in [-0.15, -0.1) is 0 Å². The van der Waals surface area contributed by atoms with Crippen LogP contribution in [0.25, 0.3) is 11.3 Å². The molecule has 0 amide bonds. The Labute approximate surface area is 108 Å². The van der Waals surface area contributed by atoms with Crippen LogP contribution in [0.5, 0.6) is 0 Å². The molecule has 0 aliphatic heterocycles. The molecule has 0 radical (unpaired) electrons. The fourth-order valence-electron chi connectivity index (χ4n) is 1.57. The molecule has 2 rings (SSSR count). The van der Waals surface area contributed by atoms with E-state index in [0.717, 1.165) is 22.9 Å². The van der Waals surface area contributed by atoms with Crippen LogP contribution in [0, 0.1) is 12.8 Å². The van der Waals surface area contributed by atoms with Crippen LogP contribution in [-0.2, 0) is 5.41 Å². The van der Waals surface area contributed by atoms with Gasteiger partial charge in [-0.25, -0.2) is 4.98 Å². The Morgan fingerprint density at radius 3 is 2.39 bits per heavy atom. The summed E-state index contributed by atoms with van der Waals surface area (Å²) in [5.74, 6) is 2.04. The fraction of sp³-hybridized carbons (Fsp3) is 0.467. The van der Waals surface area contributed by atoms with Gasteiger partial charge in [-0.2, -0.15) is 0 Å². The molecule has 0 atom stereocenters. The molecule has 3 heteroatoms. The lowest BCUT2D eigenvalue weighted by Crippen LogP contribution is -2.24. The Morgan fingerprint density at radius 1 is 1.11 bits per heavy atom. The van der Waals surface area contributed by atoms with Crippen molar-refractivity contribution in [3.63, 3.8) is 0 Å². The fourth-order valence-corrected chi connectivity index (χ4v) is 1.57. The summed E-state index contributed by atoms with van der Waals surface area (Å²) in [6, 6.07) is 3.99. The summed E-state index contributed by atoms with van der Waals surface area (Å²) in [7, 11) is 0. The highest BCUT2D eigenvalue weighted by atomic mass is 16.4. The van der Waals surface area contributed by atoms with E-state index < -0.39 is 0 Å². The van der Waals surface area contributed by atoms with Crippen LogP contribution in [-0.4, -0.2) is 9.97 Å². The standard InChI is InChI=1S/C15H20N2O/c1-10(2)15(4,5)14-17-9-13(18-14)12-7-6-11(3)16-8-12/h6-10H,1-5H3. The van der Waals surface area contributed by atoms with E-state index in [0.29, 0.717) is 5.92 Å². The van der Waals surface area contributed by atoms with Gasteiger partial charge in [-0.1, -0.05) is 27.7 Å². The van der Waals surface area contributed by atoms with Crippen LogP contribution in [0.15, 0.2) is 28.9 Å². The van der Waals surface area contributed by atoms with Gasteiger partial charge in [0.05, 0.1) is 6.20 Å². The van der Waals surface area contributed by atoms with Gasteiger partial charge >= 0.3 is 0 Å². The normalized spacial score (nSPS) is 12.1. The van der Waals surface area contributed by atoms with Crippen molar-refractivity contribution in [3.8, 4) is 11.3 Å². The Kier molecular flexibility index (Phi) is 3.24. The van der Waals surface area contributed by atoms with Gasteiger partial charge < -0.3 is 4.42 Å². The van der Waals surface area contributed by atoms with E-state index in [2.05, 4.69) is 37.7 Å². The Bertz CT molecular complexity index is 524. The molecule has 0 saturated carbocycles. The third-order valence-corrected chi connectivity index (χ3v) is 3.70. The maximum absolute atomic E-state index is 5.88. The number of pyridine rings is 1. The van der Waals surface area contributed by atoms with Crippen molar-refractivity contribution in [3.05, 3.63) is 36.1 Å². The largest absolute Gasteiger partial charge is 0.440 e. The molecule has 3 nitrogen and oxygen atoms in total. The SMILES string of the molecule is Cc1ccc(-c2cnc(C(C)(C)C(C)C)o2)cn1. The van der Waals surface area contributed by atoms with Gasteiger partial charge in [-0.05, 0) is 25.0 Å². The van der Waals surface area contributed by atoms with Crippen LogP contribution < -0.4 is 0 Å². The van der Waals surface area contributed by atoms with Crippen molar-refractivity contribution in [2.24, 2.45) is 5.92 Å². The van der Waals surface area contributed by atoms with Gasteiger partial charge in [0.1, 0.15) is 0 Å². The van der Waals surface area contributed by atoms with Crippen LogP contribution in [0.4, 0.5) is 0 Å². The molecule has 18 heavy (non-hydrogen) atoms. The molecule has 0 aromatic carbocycles. The molecule has 0 saturated heterocycles. The van der Waals surface area contributed by atoms with Crippen molar-refractivity contribution in [2.45, 2.75) is 40.0 Å². The lowest BCUT2D eigenvalue weighted by Gasteiger charge is -2.25. The van der Waals surface area contributed by atoms with Crippen molar-refractivity contribution >= 4 is 0 Å². The second-order valence-corrected chi connectivity index (χ2v) is 5.59. The first kappa shape index (κ1) is 12.8. The molecule has 0 spiro atoms. The molecule has 2 aromatic heterocycles. The summed E-state index contributed by atoms with van der Waals surface area (Å²) in [5.41, 5.74) is 1.91. The number of oxazole rings is 1. The quantitative estimate of drug-likeness (QED) is 0.819. The monoisotopic (exact) mass is 244 g/mol. The summed E-state index contributed by atoms with van der Waals surface area (Å²) in [4.78, 5) is 8.69. The maximum atomic E-state index is 5.88. The predicted molar refractivity (Wildman–Crippen MR) is 72.3 cm³/mol. The molecule has 0 aliphatic rings. The number of aryl methyl sites for hydroxylation is 1. The lowest BCUT2D eigenvalue weighted by atomic mass is 9.81. The van der Waals surface area contributed by atoms with Crippen molar-refractivity contribution < 1.29 is 4.42 Å². The van der Waals surface area contributed by atoms with Crippen LogP contribution in [0.1, 0.15) is 39.3 Å². The molecular formula is C15H20N2O. The highest BCUT2D eigenvalue weighted by Crippen LogP contribution is 2.32. The highest BCUT2D eigenvalue weighted by Gasteiger charge is 2.30. The van der Waals surface area contributed by atoms with E-state index in [1.165, 1.54) is 0 Å². The minimum atomic E-state index is -0.0592. The Balaban J connectivity index is 2.34. The van der Waals surface area contributed by atoms with Crippen molar-refractivity contribution in [1.29, 1.82) is 0 Å². The molecule has 2 aromatic rings.